The summed E-state index contributed by atoms with van der Waals surface area (Å²) in [7, 11) is 0. The number of nitrogens with zero attached hydrogens (tertiary/aromatic N) is 1. The van der Waals surface area contributed by atoms with Crippen molar-refractivity contribution >= 4 is 17.9 Å². The van der Waals surface area contributed by atoms with Crippen molar-refractivity contribution in [3.8, 4) is 0 Å². The van der Waals surface area contributed by atoms with Crippen LogP contribution in [0.1, 0.15) is 21.5 Å². The highest BCUT2D eigenvalue weighted by Gasteiger charge is 2.06. The monoisotopic (exact) mass is 249 g/mol. The fourth-order valence-electron chi connectivity index (χ4n) is 1.55. The first-order valence-electron chi connectivity index (χ1n) is 5.03. The van der Waals surface area contributed by atoms with Crippen molar-refractivity contribution in [2.75, 3.05) is 0 Å². The Bertz CT molecular complexity index is 557. The summed E-state index contributed by atoms with van der Waals surface area (Å²) in [5, 5.41) is 0.643. The molecule has 0 saturated carbocycles. The third-order valence-corrected chi connectivity index (χ3v) is 2.77. The van der Waals surface area contributed by atoms with Crippen molar-refractivity contribution in [2.45, 2.75) is 6.42 Å². The van der Waals surface area contributed by atoms with Crippen LogP contribution in [0.4, 0.5) is 4.39 Å². The average molecular weight is 250 g/mol. The quantitative estimate of drug-likeness (QED) is 0.617. The summed E-state index contributed by atoms with van der Waals surface area (Å²) in [4.78, 5) is 14.1. The Morgan fingerprint density at radius 2 is 2.12 bits per heavy atom. The number of hydrogen-bond acceptors (Lipinski definition) is 2. The standard InChI is InChI=1S/C13H9ClFNO/c14-12-4-2-1-3-10(12)5-9-6-11(8-17)13(15)16-7-9/h1-4,6-8H,5H2. The van der Waals surface area contributed by atoms with E-state index in [9.17, 15) is 9.18 Å². The first kappa shape index (κ1) is 11.7. The van der Waals surface area contributed by atoms with Gasteiger partial charge in [0.1, 0.15) is 0 Å². The minimum absolute atomic E-state index is 0.0328. The van der Waals surface area contributed by atoms with Crippen LogP contribution in [-0.4, -0.2) is 11.3 Å². The van der Waals surface area contributed by atoms with Gasteiger partial charge in [-0.15, -0.1) is 0 Å². The van der Waals surface area contributed by atoms with Crippen molar-refractivity contribution in [3.05, 3.63) is 64.2 Å². The number of aldehydes is 1. The molecule has 0 N–H and O–H groups in total. The van der Waals surface area contributed by atoms with Crippen LogP contribution in [0, 0.1) is 5.95 Å². The molecule has 0 unspecified atom stereocenters. The zero-order valence-electron chi connectivity index (χ0n) is 8.86. The Hall–Kier alpha value is -1.74. The molecule has 1 aromatic heterocycles. The van der Waals surface area contributed by atoms with Gasteiger partial charge in [0, 0.05) is 17.6 Å². The predicted octanol–water partition coefficient (Wildman–Crippen LogP) is 3.28. The van der Waals surface area contributed by atoms with Crippen LogP contribution in [0.15, 0.2) is 36.5 Å². The molecule has 0 amide bonds. The molecule has 0 saturated heterocycles. The van der Waals surface area contributed by atoms with Gasteiger partial charge in [-0.2, -0.15) is 4.39 Å². The second kappa shape index (κ2) is 5.06. The van der Waals surface area contributed by atoms with Crippen LogP contribution < -0.4 is 0 Å². The van der Waals surface area contributed by atoms with Gasteiger partial charge < -0.3 is 0 Å². The highest BCUT2D eigenvalue weighted by Crippen LogP contribution is 2.19. The number of aromatic nitrogens is 1. The van der Waals surface area contributed by atoms with Crippen LogP contribution in [0.25, 0.3) is 0 Å². The molecule has 0 fully saturated rings. The van der Waals surface area contributed by atoms with E-state index in [1.54, 1.807) is 6.07 Å². The molecule has 0 spiro atoms. The average Bonchev–Trinajstić information content (AvgIpc) is 2.34. The van der Waals surface area contributed by atoms with Crippen molar-refractivity contribution in [1.29, 1.82) is 0 Å². The molecule has 0 aliphatic heterocycles. The molecule has 0 aliphatic rings. The summed E-state index contributed by atoms with van der Waals surface area (Å²) >= 11 is 6.02. The molecule has 17 heavy (non-hydrogen) atoms. The van der Waals surface area contributed by atoms with Crippen LogP contribution >= 0.6 is 11.6 Å². The minimum atomic E-state index is -0.747. The zero-order valence-corrected chi connectivity index (χ0v) is 9.62. The van der Waals surface area contributed by atoms with Crippen LogP contribution in [0.3, 0.4) is 0 Å². The van der Waals surface area contributed by atoms with Gasteiger partial charge in [-0.1, -0.05) is 29.8 Å². The van der Waals surface area contributed by atoms with E-state index < -0.39 is 5.95 Å². The van der Waals surface area contributed by atoms with Crippen molar-refractivity contribution in [2.24, 2.45) is 0 Å². The smallest absolute Gasteiger partial charge is 0.223 e. The highest BCUT2D eigenvalue weighted by atomic mass is 35.5. The first-order valence-corrected chi connectivity index (χ1v) is 5.41. The first-order chi connectivity index (χ1) is 8.20. The Kier molecular flexibility index (Phi) is 3.49. The number of halogens is 2. The van der Waals surface area contributed by atoms with Crippen molar-refractivity contribution in [3.63, 3.8) is 0 Å². The van der Waals surface area contributed by atoms with Gasteiger partial charge in [-0.25, -0.2) is 4.98 Å². The van der Waals surface area contributed by atoms with Crippen molar-refractivity contribution < 1.29 is 9.18 Å². The molecule has 2 aromatic rings. The largest absolute Gasteiger partial charge is 0.298 e. The third kappa shape index (κ3) is 2.68. The number of carbonyl (C=O) groups is 1. The van der Waals surface area contributed by atoms with Gasteiger partial charge in [-0.05, 0) is 23.3 Å². The van der Waals surface area contributed by atoms with E-state index in [-0.39, 0.29) is 5.56 Å². The molecule has 1 heterocycles. The molecule has 0 aliphatic carbocycles. The summed E-state index contributed by atoms with van der Waals surface area (Å²) in [6, 6.07) is 8.86. The molecular weight excluding hydrogens is 241 g/mol. The van der Waals surface area contributed by atoms with Crippen LogP contribution in [0.2, 0.25) is 5.02 Å². The topological polar surface area (TPSA) is 30.0 Å². The Balaban J connectivity index is 2.31. The van der Waals surface area contributed by atoms with E-state index >= 15 is 0 Å². The number of carbonyl (C=O) groups excluding carboxylic acids is 1. The van der Waals surface area contributed by atoms with Gasteiger partial charge in [0.05, 0.1) is 5.56 Å². The highest BCUT2D eigenvalue weighted by molar-refractivity contribution is 6.31. The van der Waals surface area contributed by atoms with Gasteiger partial charge in [0.15, 0.2) is 6.29 Å². The second-order valence-corrected chi connectivity index (χ2v) is 4.02. The Morgan fingerprint density at radius 1 is 1.35 bits per heavy atom. The number of benzene rings is 1. The molecule has 86 valence electrons. The predicted molar refractivity (Wildman–Crippen MR) is 63.8 cm³/mol. The molecule has 0 radical (unpaired) electrons. The van der Waals surface area contributed by atoms with E-state index in [1.165, 1.54) is 12.3 Å². The van der Waals surface area contributed by atoms with E-state index in [2.05, 4.69) is 4.98 Å². The second-order valence-electron chi connectivity index (χ2n) is 3.61. The summed E-state index contributed by atoms with van der Waals surface area (Å²) in [5.74, 6) is -0.747. The SMILES string of the molecule is O=Cc1cc(Cc2ccccc2Cl)cnc1F. The minimum Gasteiger partial charge on any atom is -0.298 e. The molecule has 2 rings (SSSR count). The maximum absolute atomic E-state index is 13.0. The van der Waals surface area contributed by atoms with Crippen LogP contribution in [-0.2, 0) is 6.42 Å². The lowest BCUT2D eigenvalue weighted by Crippen LogP contribution is -1.97. The van der Waals surface area contributed by atoms with E-state index in [0.717, 1.165) is 11.1 Å². The maximum Gasteiger partial charge on any atom is 0.223 e. The molecule has 4 heteroatoms. The third-order valence-electron chi connectivity index (χ3n) is 2.40. The molecule has 0 atom stereocenters. The van der Waals surface area contributed by atoms with E-state index in [4.69, 9.17) is 11.6 Å². The lowest BCUT2D eigenvalue weighted by molar-refractivity contribution is 0.111. The maximum atomic E-state index is 13.0. The zero-order chi connectivity index (χ0) is 12.3. The number of hydrogen-bond donors (Lipinski definition) is 0. The fourth-order valence-corrected chi connectivity index (χ4v) is 1.75. The summed E-state index contributed by atoms with van der Waals surface area (Å²) < 4.78 is 13.0. The van der Waals surface area contributed by atoms with Gasteiger partial charge >= 0.3 is 0 Å². The lowest BCUT2D eigenvalue weighted by atomic mass is 10.1. The van der Waals surface area contributed by atoms with Gasteiger partial charge in [0.25, 0.3) is 0 Å². The lowest BCUT2D eigenvalue weighted by Gasteiger charge is -2.04. The fraction of sp³-hybridized carbons (Fsp3) is 0.0769. The van der Waals surface area contributed by atoms with Gasteiger partial charge in [-0.3, -0.25) is 4.79 Å². The molecular formula is C13H9ClFNO. The number of pyridine rings is 1. The van der Waals surface area contributed by atoms with Gasteiger partial charge in [0.2, 0.25) is 5.95 Å². The summed E-state index contributed by atoms with van der Waals surface area (Å²) in [6.45, 7) is 0. The molecule has 0 bridgehead atoms. The number of rotatable bonds is 3. The normalized spacial score (nSPS) is 10.2. The van der Waals surface area contributed by atoms with Crippen LogP contribution in [0.5, 0.6) is 0 Å². The van der Waals surface area contributed by atoms with E-state index in [1.807, 2.05) is 18.2 Å². The molecule has 1 aromatic carbocycles. The van der Waals surface area contributed by atoms with E-state index in [0.29, 0.717) is 17.7 Å². The summed E-state index contributed by atoms with van der Waals surface area (Å²) in [5.41, 5.74) is 1.63. The van der Waals surface area contributed by atoms with Crippen molar-refractivity contribution in [1.82, 2.24) is 4.98 Å². The Morgan fingerprint density at radius 3 is 2.82 bits per heavy atom. The Labute approximate surface area is 103 Å². The molecule has 2 nitrogen and oxygen atoms in total. The summed E-state index contributed by atoms with van der Waals surface area (Å²) in [6.07, 6.45) is 2.39.